The molecule has 1 aliphatic carbocycles. The molecule has 2 unspecified atom stereocenters. The molecule has 2 atom stereocenters. The van der Waals surface area contributed by atoms with E-state index in [9.17, 15) is 0 Å². The van der Waals surface area contributed by atoms with Crippen molar-refractivity contribution in [2.24, 2.45) is 5.92 Å². The number of hydrogen-bond acceptors (Lipinski definition) is 0. The molecule has 2 rings (SSSR count). The molecule has 0 radical (unpaired) electrons. The monoisotopic (exact) mass is 200 g/mol. The lowest BCUT2D eigenvalue weighted by atomic mass is 9.71. The number of benzene rings is 1. The zero-order valence-corrected chi connectivity index (χ0v) is 9.96. The third-order valence-electron chi connectivity index (χ3n) is 3.51. The Kier molecular flexibility index (Phi) is 2.68. The number of aryl methyl sites for hydroxylation is 1. The van der Waals surface area contributed by atoms with Gasteiger partial charge in [0.15, 0.2) is 0 Å². The molecule has 0 fully saturated rings. The Morgan fingerprint density at radius 3 is 2.47 bits per heavy atom. The van der Waals surface area contributed by atoms with Crippen LogP contribution in [0.25, 0.3) is 0 Å². The van der Waals surface area contributed by atoms with Crippen LogP contribution in [0.1, 0.15) is 37.8 Å². The molecule has 0 saturated carbocycles. The third-order valence-corrected chi connectivity index (χ3v) is 3.51. The van der Waals surface area contributed by atoms with Gasteiger partial charge in [0, 0.05) is 5.41 Å². The molecular formula is C15H20. The Hall–Kier alpha value is -1.04. The minimum absolute atomic E-state index is 0.255. The highest BCUT2D eigenvalue weighted by atomic mass is 14.3. The van der Waals surface area contributed by atoms with Gasteiger partial charge in [0.05, 0.1) is 0 Å². The van der Waals surface area contributed by atoms with Gasteiger partial charge in [-0.3, -0.25) is 0 Å². The normalized spacial score (nSPS) is 30.5. The highest BCUT2D eigenvalue weighted by Gasteiger charge is 2.27. The smallest absolute Gasteiger partial charge is 0.0106 e. The maximum atomic E-state index is 2.39. The molecule has 0 heterocycles. The summed E-state index contributed by atoms with van der Waals surface area (Å²) < 4.78 is 0. The van der Waals surface area contributed by atoms with E-state index in [1.165, 1.54) is 24.0 Å². The molecule has 0 aromatic heterocycles. The molecular weight excluding hydrogens is 180 g/mol. The summed E-state index contributed by atoms with van der Waals surface area (Å²) >= 11 is 0. The zero-order chi connectivity index (χ0) is 10.9. The van der Waals surface area contributed by atoms with Gasteiger partial charge in [0.25, 0.3) is 0 Å². The molecule has 0 saturated heterocycles. The lowest BCUT2D eigenvalue weighted by Crippen LogP contribution is -2.24. The largest absolute Gasteiger partial charge is 0.0874 e. The predicted octanol–water partition coefficient (Wildman–Crippen LogP) is 4.24. The topological polar surface area (TPSA) is 0 Å². The van der Waals surface area contributed by atoms with Gasteiger partial charge >= 0.3 is 0 Å². The first-order valence-corrected chi connectivity index (χ1v) is 5.85. The van der Waals surface area contributed by atoms with Crippen molar-refractivity contribution in [3.8, 4) is 0 Å². The van der Waals surface area contributed by atoms with E-state index in [0.29, 0.717) is 0 Å². The molecule has 1 aliphatic rings. The Balaban J connectivity index is 2.32. The lowest BCUT2D eigenvalue weighted by Gasteiger charge is -2.33. The van der Waals surface area contributed by atoms with Crippen LogP contribution in [0.15, 0.2) is 36.4 Å². The predicted molar refractivity (Wildman–Crippen MR) is 66.1 cm³/mol. The number of allylic oxidation sites excluding steroid dienone is 2. The van der Waals surface area contributed by atoms with Crippen molar-refractivity contribution in [2.75, 3.05) is 0 Å². The summed E-state index contributed by atoms with van der Waals surface area (Å²) in [4.78, 5) is 0. The second-order valence-corrected chi connectivity index (χ2v) is 5.23. The van der Waals surface area contributed by atoms with E-state index in [1.54, 1.807) is 0 Å². The van der Waals surface area contributed by atoms with E-state index >= 15 is 0 Å². The van der Waals surface area contributed by atoms with Gasteiger partial charge in [-0.2, -0.15) is 0 Å². The molecule has 0 nitrogen and oxygen atoms in total. The molecule has 0 amide bonds. The van der Waals surface area contributed by atoms with Crippen LogP contribution in [0.5, 0.6) is 0 Å². The summed E-state index contributed by atoms with van der Waals surface area (Å²) in [5.74, 6) is 0.807. The van der Waals surface area contributed by atoms with E-state index < -0.39 is 0 Å². The van der Waals surface area contributed by atoms with Gasteiger partial charge in [-0.25, -0.2) is 0 Å². The van der Waals surface area contributed by atoms with Crippen molar-refractivity contribution in [2.45, 2.75) is 39.0 Å². The van der Waals surface area contributed by atoms with Gasteiger partial charge in [-0.05, 0) is 31.2 Å². The molecule has 1 aromatic carbocycles. The van der Waals surface area contributed by atoms with Gasteiger partial charge in [0.1, 0.15) is 0 Å². The van der Waals surface area contributed by atoms with Crippen molar-refractivity contribution in [3.05, 3.63) is 47.5 Å². The number of rotatable bonds is 1. The maximum Gasteiger partial charge on any atom is 0.0106 e. The van der Waals surface area contributed by atoms with Crippen LogP contribution in [-0.4, -0.2) is 0 Å². The second kappa shape index (κ2) is 3.84. The highest BCUT2D eigenvalue weighted by Crippen LogP contribution is 2.37. The van der Waals surface area contributed by atoms with Crippen LogP contribution in [0.2, 0.25) is 0 Å². The van der Waals surface area contributed by atoms with Crippen LogP contribution < -0.4 is 0 Å². The zero-order valence-electron chi connectivity index (χ0n) is 9.96. The average Bonchev–Trinajstić information content (AvgIpc) is 2.18. The molecule has 0 N–H and O–H groups in total. The van der Waals surface area contributed by atoms with E-state index in [-0.39, 0.29) is 5.41 Å². The molecule has 80 valence electrons. The van der Waals surface area contributed by atoms with Crippen LogP contribution in [-0.2, 0) is 5.41 Å². The van der Waals surface area contributed by atoms with Crippen LogP contribution in [0.4, 0.5) is 0 Å². The summed E-state index contributed by atoms with van der Waals surface area (Å²) in [5.41, 5.74) is 3.05. The molecule has 0 aliphatic heterocycles. The molecule has 15 heavy (non-hydrogen) atoms. The van der Waals surface area contributed by atoms with E-state index in [4.69, 9.17) is 0 Å². The van der Waals surface area contributed by atoms with Crippen LogP contribution in [0.3, 0.4) is 0 Å². The van der Waals surface area contributed by atoms with Crippen LogP contribution >= 0.6 is 0 Å². The van der Waals surface area contributed by atoms with Gasteiger partial charge in [-0.1, -0.05) is 55.8 Å². The maximum absolute atomic E-state index is 2.39. The van der Waals surface area contributed by atoms with E-state index in [2.05, 4.69) is 57.2 Å². The first kappa shape index (κ1) is 10.5. The summed E-state index contributed by atoms with van der Waals surface area (Å²) in [6.07, 6.45) is 7.24. The Morgan fingerprint density at radius 1 is 1.20 bits per heavy atom. The van der Waals surface area contributed by atoms with E-state index in [0.717, 1.165) is 5.92 Å². The quantitative estimate of drug-likeness (QED) is 0.595. The van der Waals surface area contributed by atoms with Gasteiger partial charge < -0.3 is 0 Å². The molecule has 0 spiro atoms. The summed E-state index contributed by atoms with van der Waals surface area (Å²) in [5, 5.41) is 0. The van der Waals surface area contributed by atoms with Crippen molar-refractivity contribution in [1.29, 1.82) is 0 Å². The van der Waals surface area contributed by atoms with Crippen LogP contribution in [0, 0.1) is 12.8 Å². The lowest BCUT2D eigenvalue weighted by molar-refractivity contribution is 0.396. The Labute approximate surface area is 93.0 Å². The standard InChI is InChI=1S/C15H20/c1-12-6-8-14(9-7-12)15(3)10-4-5-13(2)11-15/h4,6-10,13H,5,11H2,1-3H3. The summed E-state index contributed by atoms with van der Waals surface area (Å²) in [6.45, 7) is 6.84. The van der Waals surface area contributed by atoms with Gasteiger partial charge in [-0.15, -0.1) is 0 Å². The fourth-order valence-corrected chi connectivity index (χ4v) is 2.58. The summed E-state index contributed by atoms with van der Waals surface area (Å²) in [7, 11) is 0. The first-order valence-electron chi connectivity index (χ1n) is 5.85. The van der Waals surface area contributed by atoms with Crippen molar-refractivity contribution >= 4 is 0 Å². The molecule has 0 heteroatoms. The first-order chi connectivity index (χ1) is 7.10. The minimum Gasteiger partial charge on any atom is -0.0874 e. The van der Waals surface area contributed by atoms with E-state index in [1.807, 2.05) is 0 Å². The fourth-order valence-electron chi connectivity index (χ4n) is 2.58. The van der Waals surface area contributed by atoms with Crippen molar-refractivity contribution in [3.63, 3.8) is 0 Å². The Morgan fingerprint density at radius 2 is 1.87 bits per heavy atom. The van der Waals surface area contributed by atoms with Crippen molar-refractivity contribution < 1.29 is 0 Å². The fraction of sp³-hybridized carbons (Fsp3) is 0.467. The molecule has 1 aromatic rings. The Bertz CT molecular complexity index is 358. The number of hydrogen-bond donors (Lipinski definition) is 0. The highest BCUT2D eigenvalue weighted by molar-refractivity contribution is 5.33. The summed E-state index contributed by atoms with van der Waals surface area (Å²) in [6, 6.07) is 8.98. The molecule has 0 bridgehead atoms. The second-order valence-electron chi connectivity index (χ2n) is 5.23. The SMILES string of the molecule is Cc1ccc(C2(C)C=CCC(C)C2)cc1. The van der Waals surface area contributed by atoms with Crippen molar-refractivity contribution in [1.82, 2.24) is 0 Å². The third kappa shape index (κ3) is 2.14. The average molecular weight is 200 g/mol. The van der Waals surface area contributed by atoms with Gasteiger partial charge in [0.2, 0.25) is 0 Å². The minimum atomic E-state index is 0.255.